The molecule has 0 bridgehead atoms. The van der Waals surface area contributed by atoms with Gasteiger partial charge in [0.15, 0.2) is 19.7 Å². The second-order valence-corrected chi connectivity index (χ2v) is 16.6. The fraction of sp³-hybridized carbons (Fsp3) is 0.278. The van der Waals surface area contributed by atoms with E-state index in [1.54, 1.807) is 21.9 Å². The third-order valence-electron chi connectivity index (χ3n) is 9.47. The van der Waals surface area contributed by atoms with Crippen LogP contribution in [0.3, 0.4) is 0 Å². The molecule has 3 aliphatic heterocycles. The lowest BCUT2D eigenvalue weighted by atomic mass is 9.82. The molecule has 3 aliphatic rings. The summed E-state index contributed by atoms with van der Waals surface area (Å²) in [6.07, 6.45) is -0.199. The standard InChI is InChI=1S/C36H36N2O6Si/c1-23-33(45(2,3)42)32(19-20-39)44-36(23)27-21-25(17-18-28(27)37(35(36)41)22-24-11-5-4-6-12-24)38-29-14-8-10-16-31(29)43-30-15-9-7-13-26(30)34(38)40/h4-18,21,23,32-33,39,42H,19-20,22H2,1-3H3/t23-,32+,33-,36+/m1/s1. The van der Waals surface area contributed by atoms with Crippen molar-refractivity contribution >= 4 is 37.2 Å². The molecule has 2 N–H and O–H groups in total. The highest BCUT2D eigenvalue weighted by Crippen LogP contribution is 2.60. The van der Waals surface area contributed by atoms with Crippen LogP contribution in [0.15, 0.2) is 97.1 Å². The van der Waals surface area contributed by atoms with Crippen molar-refractivity contribution in [1.29, 1.82) is 0 Å². The van der Waals surface area contributed by atoms with Crippen LogP contribution in [-0.2, 0) is 21.7 Å². The Labute approximate surface area is 263 Å². The summed E-state index contributed by atoms with van der Waals surface area (Å²) in [7, 11) is -2.87. The van der Waals surface area contributed by atoms with Gasteiger partial charge in [0.2, 0.25) is 0 Å². The number of hydrogen-bond acceptors (Lipinski definition) is 6. The fourth-order valence-electron chi connectivity index (χ4n) is 7.59. The molecule has 1 saturated heterocycles. The monoisotopic (exact) mass is 620 g/mol. The molecule has 4 aromatic rings. The van der Waals surface area contributed by atoms with Gasteiger partial charge >= 0.3 is 0 Å². The molecule has 2 amide bonds. The van der Waals surface area contributed by atoms with Gasteiger partial charge in [0, 0.05) is 29.3 Å². The van der Waals surface area contributed by atoms with Crippen molar-refractivity contribution in [2.75, 3.05) is 16.4 Å². The van der Waals surface area contributed by atoms with Gasteiger partial charge in [0.05, 0.1) is 29.6 Å². The molecule has 0 aliphatic carbocycles. The highest BCUT2D eigenvalue weighted by atomic mass is 28.4. The van der Waals surface area contributed by atoms with Crippen LogP contribution in [0.25, 0.3) is 0 Å². The second-order valence-electron chi connectivity index (χ2n) is 12.7. The van der Waals surface area contributed by atoms with Crippen molar-refractivity contribution in [3.05, 3.63) is 114 Å². The zero-order valence-electron chi connectivity index (χ0n) is 25.5. The Morgan fingerprint density at radius 1 is 0.867 bits per heavy atom. The first-order valence-corrected chi connectivity index (χ1v) is 18.4. The molecule has 0 unspecified atom stereocenters. The summed E-state index contributed by atoms with van der Waals surface area (Å²) in [6.45, 7) is 5.92. The van der Waals surface area contributed by atoms with Gasteiger partial charge in [-0.1, -0.05) is 61.5 Å². The van der Waals surface area contributed by atoms with Gasteiger partial charge in [-0.2, -0.15) is 0 Å². The van der Waals surface area contributed by atoms with Crippen molar-refractivity contribution in [3.8, 4) is 11.5 Å². The van der Waals surface area contributed by atoms with E-state index in [4.69, 9.17) is 9.47 Å². The molecule has 0 saturated carbocycles. The Bertz CT molecular complexity index is 1790. The highest BCUT2D eigenvalue weighted by Gasteiger charge is 2.66. The van der Waals surface area contributed by atoms with Crippen molar-refractivity contribution in [3.63, 3.8) is 0 Å². The minimum atomic E-state index is -2.87. The predicted octanol–water partition coefficient (Wildman–Crippen LogP) is 6.50. The molecule has 1 fully saturated rings. The van der Waals surface area contributed by atoms with E-state index in [0.29, 0.717) is 52.7 Å². The van der Waals surface area contributed by atoms with Crippen LogP contribution in [0.1, 0.15) is 34.8 Å². The average molecular weight is 621 g/mol. The van der Waals surface area contributed by atoms with E-state index in [1.165, 1.54) is 0 Å². The molecule has 8 nitrogen and oxygen atoms in total. The lowest BCUT2D eigenvalue weighted by molar-refractivity contribution is -0.146. The van der Waals surface area contributed by atoms with Gasteiger partial charge in [-0.25, -0.2) is 0 Å². The van der Waals surface area contributed by atoms with Crippen molar-refractivity contribution in [2.45, 2.75) is 50.2 Å². The zero-order valence-corrected chi connectivity index (χ0v) is 26.5. The number of fused-ring (bicyclic) bond motifs is 4. The smallest absolute Gasteiger partial charge is 0.266 e. The van der Waals surface area contributed by atoms with Crippen LogP contribution in [0, 0.1) is 5.92 Å². The molecule has 7 rings (SSSR count). The summed E-state index contributed by atoms with van der Waals surface area (Å²) in [5.41, 5.74) is 2.19. The Hall–Kier alpha value is -4.28. The van der Waals surface area contributed by atoms with Gasteiger partial charge in [-0.3, -0.25) is 14.5 Å². The van der Waals surface area contributed by atoms with E-state index in [1.807, 2.05) is 105 Å². The SMILES string of the molecule is C[C@@H]1[C@@H]([Si](C)(C)O)[C@H](CCO)O[C@@]12C(=O)N(Cc1ccccc1)c1ccc(N3C(=O)c4ccccc4Oc4ccccc43)cc12. The number of hydrogen-bond donors (Lipinski definition) is 2. The Balaban J connectivity index is 1.42. The summed E-state index contributed by atoms with van der Waals surface area (Å²) in [5.74, 6) is 0.159. The fourth-order valence-corrected chi connectivity index (χ4v) is 10.2. The van der Waals surface area contributed by atoms with Crippen LogP contribution in [0.4, 0.5) is 17.1 Å². The summed E-state index contributed by atoms with van der Waals surface area (Å²) in [4.78, 5) is 43.9. The quantitative estimate of drug-likeness (QED) is 0.239. The van der Waals surface area contributed by atoms with E-state index in [-0.39, 0.29) is 29.9 Å². The van der Waals surface area contributed by atoms with E-state index < -0.39 is 20.0 Å². The first kappa shape index (κ1) is 29.4. The number of anilines is 3. The Kier molecular flexibility index (Phi) is 7.16. The number of aliphatic hydroxyl groups excluding tert-OH is 1. The van der Waals surface area contributed by atoms with Crippen molar-refractivity contribution in [2.24, 2.45) is 5.92 Å². The Morgan fingerprint density at radius 2 is 1.56 bits per heavy atom. The van der Waals surface area contributed by atoms with Gasteiger partial charge in [-0.05, 0) is 67.5 Å². The van der Waals surface area contributed by atoms with Crippen LogP contribution in [0.2, 0.25) is 18.6 Å². The molecule has 4 aromatic carbocycles. The van der Waals surface area contributed by atoms with Gasteiger partial charge in [0.1, 0.15) is 5.75 Å². The number of nitrogens with zero attached hydrogens (tertiary/aromatic N) is 2. The first-order valence-electron chi connectivity index (χ1n) is 15.4. The van der Waals surface area contributed by atoms with Crippen molar-refractivity contribution in [1.82, 2.24) is 0 Å². The van der Waals surface area contributed by atoms with E-state index in [2.05, 4.69) is 0 Å². The van der Waals surface area contributed by atoms with Crippen LogP contribution in [0.5, 0.6) is 11.5 Å². The lowest BCUT2D eigenvalue weighted by Gasteiger charge is -2.32. The van der Waals surface area contributed by atoms with Gasteiger partial charge in [0.25, 0.3) is 11.8 Å². The van der Waals surface area contributed by atoms with Crippen LogP contribution < -0.4 is 14.5 Å². The van der Waals surface area contributed by atoms with Gasteiger partial charge in [-0.15, -0.1) is 0 Å². The highest BCUT2D eigenvalue weighted by molar-refractivity contribution is 6.71. The van der Waals surface area contributed by atoms with Crippen LogP contribution >= 0.6 is 0 Å². The molecular weight excluding hydrogens is 584 g/mol. The van der Waals surface area contributed by atoms with E-state index in [9.17, 15) is 19.5 Å². The molecule has 0 radical (unpaired) electrons. The summed E-state index contributed by atoms with van der Waals surface area (Å²) >= 11 is 0. The molecular formula is C36H36N2O6Si. The largest absolute Gasteiger partial charge is 0.454 e. The number of aliphatic hydroxyl groups is 1. The third kappa shape index (κ3) is 4.61. The molecule has 45 heavy (non-hydrogen) atoms. The minimum Gasteiger partial charge on any atom is -0.454 e. The second kappa shape index (κ2) is 11.0. The predicted molar refractivity (Wildman–Crippen MR) is 174 cm³/mol. The lowest BCUT2D eigenvalue weighted by Crippen LogP contribution is -2.46. The number of carbonyl (C=O) groups excluding carboxylic acids is 2. The zero-order chi connectivity index (χ0) is 31.5. The minimum absolute atomic E-state index is 0.123. The summed E-state index contributed by atoms with van der Waals surface area (Å²) < 4.78 is 13.0. The number of ether oxygens (including phenoxy) is 2. The molecule has 3 heterocycles. The molecule has 230 valence electrons. The van der Waals surface area contributed by atoms with Gasteiger partial charge < -0.3 is 24.3 Å². The maximum Gasteiger partial charge on any atom is 0.266 e. The molecule has 4 atom stereocenters. The summed E-state index contributed by atoms with van der Waals surface area (Å²) in [5, 5.41) is 9.98. The molecule has 1 spiro atoms. The maximum atomic E-state index is 14.8. The first-order chi connectivity index (χ1) is 21.6. The van der Waals surface area contributed by atoms with Crippen LogP contribution in [-0.4, -0.2) is 42.7 Å². The Morgan fingerprint density at radius 3 is 2.29 bits per heavy atom. The number of para-hydroxylation sites is 3. The average Bonchev–Trinajstić information content (AvgIpc) is 3.39. The van der Waals surface area contributed by atoms with E-state index >= 15 is 0 Å². The number of rotatable bonds is 6. The molecule has 9 heteroatoms. The maximum absolute atomic E-state index is 14.8. The summed E-state index contributed by atoms with van der Waals surface area (Å²) in [6, 6.07) is 30.0. The number of carbonyl (C=O) groups is 2. The topological polar surface area (TPSA) is 99.5 Å². The third-order valence-corrected chi connectivity index (χ3v) is 12.0. The normalized spacial score (nSPS) is 23.9. The molecule has 0 aromatic heterocycles. The van der Waals surface area contributed by atoms with Crippen molar-refractivity contribution < 1.29 is 29.0 Å². The van der Waals surface area contributed by atoms with E-state index in [0.717, 1.165) is 5.56 Å². The number of benzene rings is 4. The number of amides is 2.